The zero-order valence-electron chi connectivity index (χ0n) is 14.3. The summed E-state index contributed by atoms with van der Waals surface area (Å²) in [7, 11) is 1.85. The van der Waals surface area contributed by atoms with Crippen molar-refractivity contribution in [2.45, 2.75) is 38.5 Å². The Morgan fingerprint density at radius 3 is 2.88 bits per heavy atom. The summed E-state index contributed by atoms with van der Waals surface area (Å²) >= 11 is 0. The molecule has 2 aliphatic rings. The average Bonchev–Trinajstić information content (AvgIpc) is 2.97. The van der Waals surface area contributed by atoms with E-state index in [0.29, 0.717) is 5.92 Å². The summed E-state index contributed by atoms with van der Waals surface area (Å²) in [5, 5.41) is 1.20. The second-order valence-corrected chi connectivity index (χ2v) is 6.57. The zero-order valence-corrected chi connectivity index (χ0v) is 14.3. The standard InChI is InChI=1S/C21H23N3/c1-3-5-16-12-15(8-10-19(16)22-2)18-13-23-21-17(18)9-11-20(24-21)14-6-4-7-14/h5,8-14H,3-4,6-7H2,1-2H3,(H,23,24)/b16-5-,22-19?. The van der Waals surface area contributed by atoms with Gasteiger partial charge in [-0.1, -0.05) is 25.5 Å². The fourth-order valence-corrected chi connectivity index (χ4v) is 3.50. The van der Waals surface area contributed by atoms with Gasteiger partial charge >= 0.3 is 0 Å². The molecule has 1 fully saturated rings. The van der Waals surface area contributed by atoms with Crippen LogP contribution in [0.5, 0.6) is 0 Å². The highest BCUT2D eigenvalue weighted by atomic mass is 14.9. The molecule has 2 aromatic rings. The van der Waals surface area contributed by atoms with Gasteiger partial charge in [0.1, 0.15) is 5.65 Å². The number of aliphatic imine (C=N–C) groups is 1. The molecule has 3 heteroatoms. The number of nitrogens with one attached hydrogen (secondary N) is 1. The van der Waals surface area contributed by atoms with E-state index in [1.165, 1.54) is 47.1 Å². The van der Waals surface area contributed by atoms with Crippen molar-refractivity contribution >= 4 is 22.3 Å². The van der Waals surface area contributed by atoms with E-state index in [1.54, 1.807) is 0 Å². The number of hydrogen-bond acceptors (Lipinski definition) is 2. The summed E-state index contributed by atoms with van der Waals surface area (Å²) in [6, 6.07) is 4.43. The third-order valence-corrected chi connectivity index (χ3v) is 5.09. The van der Waals surface area contributed by atoms with Gasteiger partial charge in [-0.05, 0) is 54.7 Å². The molecule has 0 saturated heterocycles. The second-order valence-electron chi connectivity index (χ2n) is 6.57. The van der Waals surface area contributed by atoms with Crippen LogP contribution in [0.3, 0.4) is 0 Å². The largest absolute Gasteiger partial charge is 0.346 e. The molecular formula is C21H23N3. The Bertz CT molecular complexity index is 889. The van der Waals surface area contributed by atoms with Gasteiger partial charge in [-0.3, -0.25) is 4.99 Å². The zero-order chi connectivity index (χ0) is 16.5. The molecule has 0 spiro atoms. The van der Waals surface area contributed by atoms with Crippen LogP contribution in [-0.4, -0.2) is 22.7 Å². The third-order valence-electron chi connectivity index (χ3n) is 5.09. The van der Waals surface area contributed by atoms with E-state index in [1.807, 2.05) is 7.05 Å². The minimum atomic E-state index is 0.664. The highest BCUT2D eigenvalue weighted by molar-refractivity contribution is 6.15. The molecule has 0 aromatic carbocycles. The van der Waals surface area contributed by atoms with E-state index >= 15 is 0 Å². The van der Waals surface area contributed by atoms with Gasteiger partial charge in [0.05, 0.1) is 5.71 Å². The van der Waals surface area contributed by atoms with Gasteiger partial charge in [0.25, 0.3) is 0 Å². The average molecular weight is 317 g/mol. The Morgan fingerprint density at radius 1 is 1.29 bits per heavy atom. The Labute approximate surface area is 142 Å². The molecule has 0 radical (unpaired) electrons. The second kappa shape index (κ2) is 6.23. The minimum Gasteiger partial charge on any atom is -0.346 e. The normalized spacial score (nSPS) is 21.5. The van der Waals surface area contributed by atoms with Crippen molar-refractivity contribution in [1.82, 2.24) is 9.97 Å². The Balaban J connectivity index is 1.74. The van der Waals surface area contributed by atoms with Crippen LogP contribution in [0.1, 0.15) is 49.8 Å². The van der Waals surface area contributed by atoms with Crippen molar-refractivity contribution in [3.63, 3.8) is 0 Å². The predicted molar refractivity (Wildman–Crippen MR) is 102 cm³/mol. The van der Waals surface area contributed by atoms with Crippen LogP contribution in [0, 0.1) is 0 Å². The smallest absolute Gasteiger partial charge is 0.138 e. The number of aromatic nitrogens is 2. The summed E-state index contributed by atoms with van der Waals surface area (Å²) in [5.74, 6) is 0.664. The number of nitrogens with zero attached hydrogens (tertiary/aromatic N) is 2. The van der Waals surface area contributed by atoms with Crippen molar-refractivity contribution in [2.24, 2.45) is 4.99 Å². The van der Waals surface area contributed by atoms with Gasteiger partial charge in [0.15, 0.2) is 0 Å². The van der Waals surface area contributed by atoms with Crippen molar-refractivity contribution in [1.29, 1.82) is 0 Å². The molecule has 0 aliphatic heterocycles. The topological polar surface area (TPSA) is 41.0 Å². The summed E-state index contributed by atoms with van der Waals surface area (Å²) in [6.07, 6.45) is 15.7. The van der Waals surface area contributed by atoms with Crippen LogP contribution in [0.15, 0.2) is 53.2 Å². The maximum absolute atomic E-state index is 4.85. The number of rotatable bonds is 3. The quantitative estimate of drug-likeness (QED) is 0.831. The van der Waals surface area contributed by atoms with Crippen molar-refractivity contribution in [3.8, 4) is 0 Å². The van der Waals surface area contributed by atoms with E-state index in [-0.39, 0.29) is 0 Å². The Morgan fingerprint density at radius 2 is 2.17 bits per heavy atom. The van der Waals surface area contributed by atoms with E-state index in [2.05, 4.69) is 59.5 Å². The van der Waals surface area contributed by atoms with Gasteiger partial charge in [-0.25, -0.2) is 4.98 Å². The SMILES string of the molecule is CC/C=C1/C=C(c2c[nH]c3nc(C4CCC4)ccc23)C=CC1=NC. The molecule has 0 amide bonds. The van der Waals surface area contributed by atoms with Crippen LogP contribution in [0.25, 0.3) is 16.6 Å². The lowest BCUT2D eigenvalue weighted by molar-refractivity contribution is 0.412. The summed E-state index contributed by atoms with van der Waals surface area (Å²) in [5.41, 5.74) is 6.91. The summed E-state index contributed by atoms with van der Waals surface area (Å²) < 4.78 is 0. The summed E-state index contributed by atoms with van der Waals surface area (Å²) in [6.45, 7) is 2.16. The lowest BCUT2D eigenvalue weighted by Crippen LogP contribution is -2.10. The molecule has 2 aromatic heterocycles. The van der Waals surface area contributed by atoms with Crippen LogP contribution in [0.2, 0.25) is 0 Å². The highest BCUT2D eigenvalue weighted by Gasteiger charge is 2.21. The van der Waals surface area contributed by atoms with Gasteiger partial charge in [0, 0.05) is 35.8 Å². The van der Waals surface area contributed by atoms with Crippen molar-refractivity contribution in [2.75, 3.05) is 7.05 Å². The number of fused-ring (bicyclic) bond motifs is 1. The maximum Gasteiger partial charge on any atom is 0.138 e. The lowest BCUT2D eigenvalue weighted by Gasteiger charge is -2.24. The molecule has 0 unspecified atom stereocenters. The molecule has 2 heterocycles. The van der Waals surface area contributed by atoms with E-state index < -0.39 is 0 Å². The van der Waals surface area contributed by atoms with Gasteiger partial charge in [-0.2, -0.15) is 0 Å². The first-order valence-corrected chi connectivity index (χ1v) is 8.85. The van der Waals surface area contributed by atoms with Gasteiger partial charge in [0.2, 0.25) is 0 Å². The van der Waals surface area contributed by atoms with Gasteiger partial charge in [-0.15, -0.1) is 0 Å². The fraction of sp³-hybridized carbons (Fsp3) is 0.333. The first-order valence-electron chi connectivity index (χ1n) is 8.85. The first kappa shape index (κ1) is 15.1. The first-order chi connectivity index (χ1) is 11.8. The monoisotopic (exact) mass is 317 g/mol. The van der Waals surface area contributed by atoms with Gasteiger partial charge < -0.3 is 4.98 Å². The molecule has 24 heavy (non-hydrogen) atoms. The Hall–Kier alpha value is -2.42. The molecule has 1 saturated carbocycles. The highest BCUT2D eigenvalue weighted by Crippen LogP contribution is 2.37. The molecule has 2 aliphatic carbocycles. The van der Waals surface area contributed by atoms with Crippen LogP contribution >= 0.6 is 0 Å². The van der Waals surface area contributed by atoms with Crippen molar-refractivity contribution < 1.29 is 0 Å². The van der Waals surface area contributed by atoms with Crippen molar-refractivity contribution in [3.05, 3.63) is 59.5 Å². The number of hydrogen-bond donors (Lipinski definition) is 1. The van der Waals surface area contributed by atoms with Crippen LogP contribution in [0.4, 0.5) is 0 Å². The Kier molecular flexibility index (Phi) is 3.93. The van der Waals surface area contributed by atoms with Crippen LogP contribution < -0.4 is 0 Å². The number of aromatic amines is 1. The third kappa shape index (κ3) is 2.54. The fourth-order valence-electron chi connectivity index (χ4n) is 3.50. The molecule has 4 rings (SSSR count). The number of allylic oxidation sites excluding steroid dienone is 6. The van der Waals surface area contributed by atoms with Crippen LogP contribution in [-0.2, 0) is 0 Å². The number of H-pyrrole nitrogens is 1. The van der Waals surface area contributed by atoms with E-state index in [9.17, 15) is 0 Å². The lowest BCUT2D eigenvalue weighted by atomic mass is 9.82. The number of pyridine rings is 1. The minimum absolute atomic E-state index is 0.664. The molecular weight excluding hydrogens is 294 g/mol. The molecule has 0 atom stereocenters. The molecule has 122 valence electrons. The van der Waals surface area contributed by atoms with E-state index in [4.69, 9.17) is 4.98 Å². The maximum atomic E-state index is 4.85. The molecule has 0 bridgehead atoms. The predicted octanol–water partition coefficient (Wildman–Crippen LogP) is 5.19. The molecule has 1 N–H and O–H groups in total. The van der Waals surface area contributed by atoms with E-state index in [0.717, 1.165) is 17.8 Å². The summed E-state index contributed by atoms with van der Waals surface area (Å²) in [4.78, 5) is 12.6. The molecule has 3 nitrogen and oxygen atoms in total.